The standard InChI is InChI=1S/C18H12FN7O/c19-12-6-2-1-4-10(12)9-26-18-11(5-3-7-20-18)15(25-26)17-22-16-13(23-24-17)8-14(27)21-16/h1-8,27H,9H2,(H,21,22,24). The third-order valence-electron chi connectivity index (χ3n) is 4.23. The predicted octanol–water partition coefficient (Wildman–Crippen LogP) is 2.66. The summed E-state index contributed by atoms with van der Waals surface area (Å²) in [7, 11) is 0. The van der Waals surface area contributed by atoms with Gasteiger partial charge in [-0.25, -0.2) is 19.0 Å². The van der Waals surface area contributed by atoms with Gasteiger partial charge in [-0.15, -0.1) is 10.2 Å². The van der Waals surface area contributed by atoms with Crippen molar-refractivity contribution in [2.24, 2.45) is 0 Å². The summed E-state index contributed by atoms with van der Waals surface area (Å²) in [4.78, 5) is 11.5. The van der Waals surface area contributed by atoms with Crippen LogP contribution in [0.5, 0.6) is 5.88 Å². The number of halogens is 1. The van der Waals surface area contributed by atoms with E-state index in [2.05, 4.69) is 30.2 Å². The fraction of sp³-hybridized carbons (Fsp3) is 0.0556. The second-order valence-corrected chi connectivity index (χ2v) is 6.00. The number of H-pyrrole nitrogens is 1. The summed E-state index contributed by atoms with van der Waals surface area (Å²) in [5, 5.41) is 23.0. The summed E-state index contributed by atoms with van der Waals surface area (Å²) in [6, 6.07) is 11.6. The van der Waals surface area contributed by atoms with E-state index in [-0.39, 0.29) is 24.1 Å². The first-order chi connectivity index (χ1) is 13.2. The highest BCUT2D eigenvalue weighted by Crippen LogP contribution is 2.26. The number of hydrogen-bond donors (Lipinski definition) is 2. The number of fused-ring (bicyclic) bond motifs is 2. The number of nitrogens with zero attached hydrogens (tertiary/aromatic N) is 6. The van der Waals surface area contributed by atoms with Crippen LogP contribution >= 0.6 is 0 Å². The van der Waals surface area contributed by atoms with Crippen molar-refractivity contribution in [2.45, 2.75) is 6.54 Å². The van der Waals surface area contributed by atoms with E-state index in [0.717, 1.165) is 5.39 Å². The molecule has 0 radical (unpaired) electrons. The maximum Gasteiger partial charge on any atom is 0.205 e. The molecule has 9 heteroatoms. The molecule has 2 N–H and O–H groups in total. The molecule has 0 saturated carbocycles. The number of aromatic hydroxyl groups is 1. The Hall–Kier alpha value is -3.88. The van der Waals surface area contributed by atoms with Crippen LogP contribution in [0, 0.1) is 5.82 Å². The Morgan fingerprint density at radius 1 is 1.11 bits per heavy atom. The van der Waals surface area contributed by atoms with E-state index in [1.165, 1.54) is 12.1 Å². The maximum atomic E-state index is 14.1. The van der Waals surface area contributed by atoms with E-state index in [9.17, 15) is 9.50 Å². The first-order valence-electron chi connectivity index (χ1n) is 8.17. The lowest BCUT2D eigenvalue weighted by Gasteiger charge is -2.04. The monoisotopic (exact) mass is 361 g/mol. The number of hydrogen-bond acceptors (Lipinski definition) is 6. The van der Waals surface area contributed by atoms with Crippen molar-refractivity contribution in [3.63, 3.8) is 0 Å². The lowest BCUT2D eigenvalue weighted by atomic mass is 10.2. The minimum absolute atomic E-state index is 0.0412. The molecule has 0 saturated heterocycles. The molecule has 0 atom stereocenters. The van der Waals surface area contributed by atoms with Crippen LogP contribution in [0.4, 0.5) is 4.39 Å². The minimum Gasteiger partial charge on any atom is -0.494 e. The second-order valence-electron chi connectivity index (χ2n) is 6.00. The van der Waals surface area contributed by atoms with Crippen molar-refractivity contribution in [2.75, 3.05) is 0 Å². The highest BCUT2D eigenvalue weighted by molar-refractivity contribution is 5.89. The molecule has 0 aliphatic heterocycles. The second kappa shape index (κ2) is 5.84. The molecule has 0 aliphatic rings. The molecule has 1 aromatic carbocycles. The smallest absolute Gasteiger partial charge is 0.205 e. The lowest BCUT2D eigenvalue weighted by molar-refractivity contribution is 0.458. The fourth-order valence-corrected chi connectivity index (χ4v) is 2.98. The molecule has 27 heavy (non-hydrogen) atoms. The fourth-order valence-electron chi connectivity index (χ4n) is 2.98. The molecule has 5 rings (SSSR count). The van der Waals surface area contributed by atoms with Crippen LogP contribution in [-0.2, 0) is 6.54 Å². The molecule has 4 heterocycles. The van der Waals surface area contributed by atoms with Gasteiger partial charge < -0.3 is 10.1 Å². The molecule has 0 unspecified atom stereocenters. The molecule has 5 aromatic rings. The quantitative estimate of drug-likeness (QED) is 0.512. The Labute approximate surface area is 151 Å². The van der Waals surface area contributed by atoms with Crippen LogP contribution in [0.2, 0.25) is 0 Å². The van der Waals surface area contributed by atoms with Gasteiger partial charge in [0.25, 0.3) is 0 Å². The molecule has 0 amide bonds. The van der Waals surface area contributed by atoms with Gasteiger partial charge in [-0.2, -0.15) is 5.10 Å². The van der Waals surface area contributed by atoms with Crippen molar-refractivity contribution >= 4 is 22.2 Å². The number of aromatic amines is 1. The first-order valence-corrected chi connectivity index (χ1v) is 8.17. The van der Waals surface area contributed by atoms with Gasteiger partial charge in [0.05, 0.1) is 11.9 Å². The summed E-state index contributed by atoms with van der Waals surface area (Å²) < 4.78 is 15.7. The normalized spacial score (nSPS) is 11.4. The number of aromatic nitrogens is 7. The van der Waals surface area contributed by atoms with Crippen LogP contribution in [0.15, 0.2) is 48.7 Å². The third-order valence-corrected chi connectivity index (χ3v) is 4.23. The van der Waals surface area contributed by atoms with Crippen LogP contribution in [-0.4, -0.2) is 40.0 Å². The molecule has 0 spiro atoms. The van der Waals surface area contributed by atoms with E-state index in [4.69, 9.17) is 0 Å². The maximum absolute atomic E-state index is 14.1. The Morgan fingerprint density at radius 2 is 2.00 bits per heavy atom. The molecule has 0 bridgehead atoms. The molecule has 132 valence electrons. The van der Waals surface area contributed by atoms with E-state index in [1.807, 2.05) is 6.07 Å². The highest BCUT2D eigenvalue weighted by atomic mass is 19.1. The zero-order valence-corrected chi connectivity index (χ0v) is 13.8. The minimum atomic E-state index is -0.306. The van der Waals surface area contributed by atoms with Gasteiger partial charge >= 0.3 is 0 Å². The number of rotatable bonds is 3. The Kier molecular flexibility index (Phi) is 3.32. The highest BCUT2D eigenvalue weighted by Gasteiger charge is 2.18. The molecule has 0 aliphatic carbocycles. The topological polar surface area (TPSA) is 105 Å². The van der Waals surface area contributed by atoms with Gasteiger partial charge in [0.15, 0.2) is 17.2 Å². The Bertz CT molecular complexity index is 1290. The summed E-state index contributed by atoms with van der Waals surface area (Å²) in [6.07, 6.45) is 1.65. The van der Waals surface area contributed by atoms with Crippen molar-refractivity contribution in [3.05, 3.63) is 60.0 Å². The largest absolute Gasteiger partial charge is 0.494 e. The summed E-state index contributed by atoms with van der Waals surface area (Å²) in [6.45, 7) is 0.221. The average molecular weight is 361 g/mol. The van der Waals surface area contributed by atoms with Gasteiger partial charge in [0.1, 0.15) is 17.0 Å². The van der Waals surface area contributed by atoms with Crippen molar-refractivity contribution < 1.29 is 9.50 Å². The predicted molar refractivity (Wildman–Crippen MR) is 95.4 cm³/mol. The lowest BCUT2D eigenvalue weighted by Crippen LogP contribution is -2.05. The van der Waals surface area contributed by atoms with Crippen molar-refractivity contribution in [1.82, 2.24) is 34.9 Å². The summed E-state index contributed by atoms with van der Waals surface area (Å²) in [5.41, 5.74) is 2.43. The van der Waals surface area contributed by atoms with E-state index >= 15 is 0 Å². The summed E-state index contributed by atoms with van der Waals surface area (Å²) in [5.74, 6) is -0.0602. The van der Waals surface area contributed by atoms with Crippen molar-refractivity contribution in [1.29, 1.82) is 0 Å². The van der Waals surface area contributed by atoms with Crippen LogP contribution in [0.3, 0.4) is 0 Å². The van der Waals surface area contributed by atoms with Gasteiger partial charge in [-0.1, -0.05) is 18.2 Å². The van der Waals surface area contributed by atoms with E-state index in [1.54, 1.807) is 35.1 Å². The van der Waals surface area contributed by atoms with Gasteiger partial charge in [-0.3, -0.25) is 0 Å². The Morgan fingerprint density at radius 3 is 2.89 bits per heavy atom. The number of benzene rings is 1. The molecular formula is C18H12FN7O. The van der Waals surface area contributed by atoms with Crippen LogP contribution < -0.4 is 0 Å². The van der Waals surface area contributed by atoms with Crippen LogP contribution in [0.1, 0.15) is 5.56 Å². The molecule has 4 aromatic heterocycles. The SMILES string of the molecule is Oc1cc2nnc(-c3nn(Cc4ccccc4F)c4ncccc34)nc2[nH]1. The van der Waals surface area contributed by atoms with Gasteiger partial charge in [0.2, 0.25) is 5.82 Å². The summed E-state index contributed by atoms with van der Waals surface area (Å²) >= 11 is 0. The van der Waals surface area contributed by atoms with E-state index in [0.29, 0.717) is 28.1 Å². The van der Waals surface area contributed by atoms with Gasteiger partial charge in [0, 0.05) is 17.8 Å². The van der Waals surface area contributed by atoms with Gasteiger partial charge in [-0.05, 0) is 18.2 Å². The molecule has 0 fully saturated rings. The molecule has 8 nitrogen and oxygen atoms in total. The zero-order chi connectivity index (χ0) is 18.4. The molecular weight excluding hydrogens is 349 g/mol. The van der Waals surface area contributed by atoms with Crippen LogP contribution in [0.25, 0.3) is 33.7 Å². The number of pyridine rings is 1. The zero-order valence-electron chi connectivity index (χ0n) is 13.8. The number of nitrogens with one attached hydrogen (secondary N) is 1. The van der Waals surface area contributed by atoms with E-state index < -0.39 is 0 Å². The first kappa shape index (κ1) is 15.4. The Balaban J connectivity index is 1.67. The van der Waals surface area contributed by atoms with Crippen molar-refractivity contribution in [3.8, 4) is 17.4 Å². The third kappa shape index (κ3) is 2.56. The average Bonchev–Trinajstić information content (AvgIpc) is 3.23.